The quantitative estimate of drug-likeness (QED) is 0.268. The standard InChI is InChI=1S/C21H33N5O5Si/c1-21(2,3)31-20(27)24-12-17-18(13-24)25(14-30-9-10-32(4,5)6)19(23-17)16-11-15(26(28)29)7-8-22-16/h7-8,11,22-23H,9-10,12-14H2,1-6H3/b19-16-. The molecule has 0 atom stereocenters. The minimum Gasteiger partial charge on any atom is -0.444 e. The normalized spacial score (nSPS) is 20.8. The Morgan fingerprint density at radius 1 is 1.28 bits per heavy atom. The first kappa shape index (κ1) is 23.9. The first-order chi connectivity index (χ1) is 14.8. The van der Waals surface area contributed by atoms with Gasteiger partial charge in [0.1, 0.15) is 18.2 Å². The third kappa shape index (κ3) is 5.91. The van der Waals surface area contributed by atoms with Gasteiger partial charge >= 0.3 is 6.09 Å². The van der Waals surface area contributed by atoms with E-state index < -0.39 is 18.6 Å². The minimum absolute atomic E-state index is 0.00454. The van der Waals surface area contributed by atoms with Gasteiger partial charge in [0.15, 0.2) is 0 Å². The lowest BCUT2D eigenvalue weighted by molar-refractivity contribution is -0.419. The van der Waals surface area contributed by atoms with Crippen molar-refractivity contribution >= 4 is 14.2 Å². The zero-order valence-corrected chi connectivity index (χ0v) is 20.7. The van der Waals surface area contributed by atoms with Crippen molar-refractivity contribution in [3.05, 3.63) is 57.1 Å². The molecule has 3 aliphatic heterocycles. The summed E-state index contributed by atoms with van der Waals surface area (Å²) in [5, 5.41) is 17.7. The van der Waals surface area contributed by atoms with Crippen molar-refractivity contribution in [3.8, 4) is 0 Å². The number of carbonyl (C=O) groups is 1. The fourth-order valence-corrected chi connectivity index (χ4v) is 4.13. The fourth-order valence-electron chi connectivity index (χ4n) is 3.37. The van der Waals surface area contributed by atoms with Crippen LogP contribution >= 0.6 is 0 Å². The number of rotatable bonds is 6. The van der Waals surface area contributed by atoms with Crippen LogP contribution in [0.5, 0.6) is 0 Å². The molecule has 0 unspecified atom stereocenters. The molecule has 3 heterocycles. The van der Waals surface area contributed by atoms with E-state index in [9.17, 15) is 14.9 Å². The number of hydrogen-bond acceptors (Lipinski definition) is 8. The first-order valence-electron chi connectivity index (χ1n) is 10.7. The highest BCUT2D eigenvalue weighted by atomic mass is 28.3. The molecule has 0 aliphatic carbocycles. The van der Waals surface area contributed by atoms with Crippen molar-refractivity contribution in [2.24, 2.45) is 0 Å². The van der Waals surface area contributed by atoms with Gasteiger partial charge in [-0.1, -0.05) is 19.6 Å². The summed E-state index contributed by atoms with van der Waals surface area (Å²) < 4.78 is 11.5. The highest BCUT2D eigenvalue weighted by Gasteiger charge is 2.39. The predicted molar refractivity (Wildman–Crippen MR) is 123 cm³/mol. The minimum atomic E-state index is -1.24. The second-order valence-electron chi connectivity index (χ2n) is 10.2. The Labute approximate surface area is 189 Å². The summed E-state index contributed by atoms with van der Waals surface area (Å²) in [4.78, 5) is 26.9. The van der Waals surface area contributed by atoms with Gasteiger partial charge < -0.3 is 25.0 Å². The number of carbonyl (C=O) groups excluding carboxylic acids is 1. The van der Waals surface area contributed by atoms with Crippen LogP contribution in [0.2, 0.25) is 25.7 Å². The van der Waals surface area contributed by atoms with Crippen LogP contribution < -0.4 is 10.6 Å². The summed E-state index contributed by atoms with van der Waals surface area (Å²) in [5.74, 6) is 0.676. The van der Waals surface area contributed by atoms with Crippen molar-refractivity contribution in [1.82, 2.24) is 20.4 Å². The van der Waals surface area contributed by atoms with Gasteiger partial charge in [-0.2, -0.15) is 0 Å². The lowest BCUT2D eigenvalue weighted by atomic mass is 10.2. The molecule has 1 amide bonds. The summed E-state index contributed by atoms with van der Waals surface area (Å²) in [5.41, 5.74) is 1.76. The number of nitrogens with one attached hydrogen (secondary N) is 2. The van der Waals surface area contributed by atoms with Crippen LogP contribution in [-0.2, 0) is 9.47 Å². The maximum absolute atomic E-state index is 12.6. The van der Waals surface area contributed by atoms with Crippen molar-refractivity contribution in [1.29, 1.82) is 0 Å². The van der Waals surface area contributed by atoms with Crippen molar-refractivity contribution in [2.75, 3.05) is 26.4 Å². The van der Waals surface area contributed by atoms with Crippen LogP contribution in [-0.4, -0.2) is 60.9 Å². The molecular formula is C21H33N5O5Si. The number of ether oxygens (including phenoxy) is 2. The molecule has 3 rings (SSSR count). The van der Waals surface area contributed by atoms with E-state index >= 15 is 0 Å². The lowest BCUT2D eigenvalue weighted by Gasteiger charge is -2.29. The molecule has 0 bridgehead atoms. The van der Waals surface area contributed by atoms with E-state index in [1.807, 2.05) is 25.7 Å². The second-order valence-corrected chi connectivity index (χ2v) is 15.9. The Hall–Kier alpha value is -2.79. The molecule has 0 saturated carbocycles. The van der Waals surface area contributed by atoms with Crippen LogP contribution in [0.15, 0.2) is 47.0 Å². The van der Waals surface area contributed by atoms with E-state index in [-0.39, 0.29) is 18.5 Å². The van der Waals surface area contributed by atoms with Crippen molar-refractivity contribution < 1.29 is 19.2 Å². The van der Waals surface area contributed by atoms with Gasteiger partial charge in [-0.25, -0.2) is 4.79 Å². The van der Waals surface area contributed by atoms with E-state index in [0.29, 0.717) is 31.2 Å². The summed E-state index contributed by atoms with van der Waals surface area (Å²) in [6, 6.07) is 1.03. The molecule has 0 saturated heterocycles. The molecule has 0 aromatic carbocycles. The Morgan fingerprint density at radius 2 is 2.00 bits per heavy atom. The molecule has 0 radical (unpaired) electrons. The molecule has 11 heteroatoms. The first-order valence-corrected chi connectivity index (χ1v) is 14.4. The molecule has 10 nitrogen and oxygen atoms in total. The van der Waals surface area contributed by atoms with Gasteiger partial charge in [-0.05, 0) is 26.8 Å². The topological polar surface area (TPSA) is 109 Å². The number of nitro groups is 1. The van der Waals surface area contributed by atoms with Crippen LogP contribution in [0, 0.1) is 10.1 Å². The zero-order valence-electron chi connectivity index (χ0n) is 19.7. The third-order valence-electron chi connectivity index (χ3n) is 5.02. The molecular weight excluding hydrogens is 430 g/mol. The maximum atomic E-state index is 12.6. The lowest BCUT2D eigenvalue weighted by Crippen LogP contribution is -2.40. The average molecular weight is 464 g/mol. The number of nitrogens with zero attached hydrogens (tertiary/aromatic N) is 3. The molecule has 0 fully saturated rings. The van der Waals surface area contributed by atoms with Crippen LogP contribution in [0.25, 0.3) is 0 Å². The predicted octanol–water partition coefficient (Wildman–Crippen LogP) is 3.11. The van der Waals surface area contributed by atoms with Crippen molar-refractivity contribution in [3.63, 3.8) is 0 Å². The van der Waals surface area contributed by atoms with Gasteiger partial charge in [-0.15, -0.1) is 0 Å². The summed E-state index contributed by atoms with van der Waals surface area (Å²) in [6.45, 7) is 14.0. The highest BCUT2D eigenvalue weighted by molar-refractivity contribution is 6.76. The number of hydrogen-bond donors (Lipinski definition) is 2. The van der Waals surface area contributed by atoms with Gasteiger partial charge in [0.25, 0.3) is 5.70 Å². The summed E-state index contributed by atoms with van der Waals surface area (Å²) in [6.07, 6.45) is 4.07. The van der Waals surface area contributed by atoms with Gasteiger partial charge in [-0.3, -0.25) is 15.0 Å². The summed E-state index contributed by atoms with van der Waals surface area (Å²) in [7, 11) is -1.24. The molecule has 32 heavy (non-hydrogen) atoms. The molecule has 3 aliphatic rings. The maximum Gasteiger partial charge on any atom is 0.410 e. The van der Waals surface area contributed by atoms with Crippen LogP contribution in [0.4, 0.5) is 4.79 Å². The van der Waals surface area contributed by atoms with Crippen LogP contribution in [0.3, 0.4) is 0 Å². The zero-order chi connectivity index (χ0) is 23.7. The van der Waals surface area contributed by atoms with Crippen molar-refractivity contribution in [2.45, 2.75) is 52.1 Å². The Balaban J connectivity index is 1.79. The smallest absolute Gasteiger partial charge is 0.410 e. The van der Waals surface area contributed by atoms with Gasteiger partial charge in [0, 0.05) is 33.0 Å². The van der Waals surface area contributed by atoms with E-state index in [1.54, 1.807) is 11.1 Å². The van der Waals surface area contributed by atoms with Crippen LogP contribution in [0.1, 0.15) is 20.8 Å². The Bertz CT molecular complexity index is 911. The average Bonchev–Trinajstić information content (AvgIpc) is 3.22. The fraction of sp³-hybridized carbons (Fsp3) is 0.571. The molecule has 0 spiro atoms. The van der Waals surface area contributed by atoms with Gasteiger partial charge in [0.2, 0.25) is 0 Å². The van der Waals surface area contributed by atoms with Gasteiger partial charge in [0.05, 0.1) is 35.1 Å². The number of amides is 1. The number of dihydropyridines is 1. The van der Waals surface area contributed by atoms with E-state index in [1.165, 1.54) is 12.2 Å². The highest BCUT2D eigenvalue weighted by Crippen LogP contribution is 2.32. The van der Waals surface area contributed by atoms with E-state index in [0.717, 1.165) is 17.4 Å². The summed E-state index contributed by atoms with van der Waals surface area (Å²) >= 11 is 0. The molecule has 0 aromatic heterocycles. The molecule has 2 N–H and O–H groups in total. The molecule has 176 valence electrons. The number of allylic oxidation sites excluding steroid dienone is 2. The second kappa shape index (κ2) is 8.98. The largest absolute Gasteiger partial charge is 0.444 e. The third-order valence-corrected chi connectivity index (χ3v) is 6.73. The SMILES string of the molecule is CC(C)(C)OC(=O)N1CC2=C(C1)N(COCC[Si](C)(C)C)/C(=C1/C=C([N+](=O)[O-])C=CN1)N2. The Morgan fingerprint density at radius 3 is 2.62 bits per heavy atom. The molecule has 0 aromatic rings. The van der Waals surface area contributed by atoms with E-state index in [2.05, 4.69) is 30.3 Å². The monoisotopic (exact) mass is 463 g/mol. The van der Waals surface area contributed by atoms with E-state index in [4.69, 9.17) is 9.47 Å². The Kier molecular flexibility index (Phi) is 6.70.